The van der Waals surface area contributed by atoms with Crippen LogP contribution in [-0.4, -0.2) is 53.4 Å². The molecule has 1 aromatic carbocycles. The van der Waals surface area contributed by atoms with Crippen molar-refractivity contribution >= 4 is 17.8 Å². The largest absolute Gasteiger partial charge is 0.486 e. The van der Waals surface area contributed by atoms with Crippen molar-refractivity contribution in [1.29, 1.82) is 0 Å². The molecule has 7 heteroatoms. The minimum Gasteiger partial charge on any atom is -0.486 e. The van der Waals surface area contributed by atoms with Crippen LogP contribution in [0.3, 0.4) is 0 Å². The average Bonchev–Trinajstić information content (AvgIpc) is 2.73. The highest BCUT2D eigenvalue weighted by molar-refractivity contribution is 6.44. The van der Waals surface area contributed by atoms with Crippen molar-refractivity contribution in [2.75, 3.05) is 19.7 Å². The summed E-state index contributed by atoms with van der Waals surface area (Å²) in [5.41, 5.74) is 0. The smallest absolute Gasteiger partial charge is 0.334 e. The van der Waals surface area contributed by atoms with E-state index in [-0.39, 0.29) is 19.7 Å². The Morgan fingerprint density at radius 1 is 1.09 bits per heavy atom. The topological polar surface area (TPSA) is 76.2 Å². The van der Waals surface area contributed by atoms with Crippen molar-refractivity contribution in [1.82, 2.24) is 9.80 Å². The number of carbonyl (C=O) groups excluding carboxylic acids is 3. The Kier molecular flexibility index (Phi) is 3.70. The van der Waals surface area contributed by atoms with Gasteiger partial charge in [0.1, 0.15) is 6.61 Å². The zero-order chi connectivity index (χ0) is 15.7. The van der Waals surface area contributed by atoms with Gasteiger partial charge in [-0.3, -0.25) is 19.4 Å². The third-order valence-corrected chi connectivity index (χ3v) is 3.54. The molecule has 1 fully saturated rings. The Morgan fingerprint density at radius 2 is 1.77 bits per heavy atom. The number of fused-ring (bicyclic) bond motifs is 1. The number of rotatable bonds is 4. The summed E-state index contributed by atoms with van der Waals surface area (Å²) in [5, 5.41) is 0. The van der Waals surface area contributed by atoms with Gasteiger partial charge in [-0.15, -0.1) is 0 Å². The number of carbonyl (C=O) groups is 3. The van der Waals surface area contributed by atoms with Gasteiger partial charge in [-0.05, 0) is 18.6 Å². The van der Waals surface area contributed by atoms with Crippen LogP contribution in [0.4, 0.5) is 4.79 Å². The lowest BCUT2D eigenvalue weighted by molar-refractivity contribution is -0.143. The van der Waals surface area contributed by atoms with Gasteiger partial charge in [-0.1, -0.05) is 19.1 Å². The number of imide groups is 2. The predicted molar refractivity (Wildman–Crippen MR) is 75.5 cm³/mol. The molecule has 0 radical (unpaired) electrons. The van der Waals surface area contributed by atoms with Gasteiger partial charge in [0.15, 0.2) is 17.6 Å². The second-order valence-corrected chi connectivity index (χ2v) is 5.15. The molecule has 0 aliphatic carbocycles. The summed E-state index contributed by atoms with van der Waals surface area (Å²) in [5.74, 6) is -0.388. The van der Waals surface area contributed by atoms with Crippen molar-refractivity contribution in [2.45, 2.75) is 19.4 Å². The van der Waals surface area contributed by atoms with E-state index in [1.165, 1.54) is 0 Å². The number of hydrogen-bond donors (Lipinski definition) is 0. The highest BCUT2D eigenvalue weighted by Gasteiger charge is 2.45. The molecule has 2 aliphatic rings. The number of benzene rings is 1. The second kappa shape index (κ2) is 5.67. The first-order valence-corrected chi connectivity index (χ1v) is 7.17. The van der Waals surface area contributed by atoms with E-state index in [0.29, 0.717) is 17.9 Å². The molecule has 0 N–H and O–H groups in total. The van der Waals surface area contributed by atoms with Crippen LogP contribution < -0.4 is 9.47 Å². The van der Waals surface area contributed by atoms with Gasteiger partial charge < -0.3 is 9.47 Å². The lowest BCUT2D eigenvalue weighted by Crippen LogP contribution is -2.44. The van der Waals surface area contributed by atoms with Crippen molar-refractivity contribution < 1.29 is 23.9 Å². The number of hydrogen-bond acceptors (Lipinski definition) is 5. The first-order valence-electron chi connectivity index (χ1n) is 7.17. The lowest BCUT2D eigenvalue weighted by Gasteiger charge is -2.28. The van der Waals surface area contributed by atoms with E-state index < -0.39 is 23.9 Å². The molecule has 4 amide bonds. The zero-order valence-corrected chi connectivity index (χ0v) is 12.2. The summed E-state index contributed by atoms with van der Waals surface area (Å²) in [4.78, 5) is 37.8. The Balaban J connectivity index is 1.70. The van der Waals surface area contributed by atoms with E-state index >= 15 is 0 Å². The van der Waals surface area contributed by atoms with E-state index in [1.54, 1.807) is 12.1 Å². The Morgan fingerprint density at radius 3 is 2.50 bits per heavy atom. The highest BCUT2D eigenvalue weighted by Crippen LogP contribution is 2.31. The first-order chi connectivity index (χ1) is 10.6. The van der Waals surface area contributed by atoms with Crippen molar-refractivity contribution in [3.8, 4) is 11.5 Å². The maximum absolute atomic E-state index is 12.1. The molecular formula is C15H16N2O5. The third-order valence-electron chi connectivity index (χ3n) is 3.54. The summed E-state index contributed by atoms with van der Waals surface area (Å²) in [6, 6.07) is 6.59. The Bertz CT molecular complexity index is 630. The third kappa shape index (κ3) is 2.38. The quantitative estimate of drug-likeness (QED) is 0.613. The SMILES string of the molecule is CCCN1C(=O)C(=O)N(C[C@H]2COc3ccccc3O2)C1=O. The van der Waals surface area contributed by atoms with Gasteiger partial charge in [0.05, 0.1) is 6.54 Å². The molecule has 7 nitrogen and oxygen atoms in total. The van der Waals surface area contributed by atoms with E-state index in [1.807, 2.05) is 19.1 Å². The van der Waals surface area contributed by atoms with Crippen molar-refractivity contribution in [3.05, 3.63) is 24.3 Å². The monoisotopic (exact) mass is 304 g/mol. The maximum atomic E-state index is 12.1. The predicted octanol–water partition coefficient (Wildman–Crippen LogP) is 1.03. The van der Waals surface area contributed by atoms with Gasteiger partial charge in [0, 0.05) is 6.54 Å². The van der Waals surface area contributed by atoms with Crippen molar-refractivity contribution in [3.63, 3.8) is 0 Å². The molecule has 0 bridgehead atoms. The van der Waals surface area contributed by atoms with Gasteiger partial charge in [-0.2, -0.15) is 0 Å². The minimum absolute atomic E-state index is 0.00203. The molecule has 2 aliphatic heterocycles. The summed E-state index contributed by atoms with van der Waals surface area (Å²) in [7, 11) is 0. The molecule has 0 saturated carbocycles. The van der Waals surface area contributed by atoms with Gasteiger partial charge in [0.25, 0.3) is 0 Å². The molecule has 0 unspecified atom stereocenters. The molecule has 1 saturated heterocycles. The summed E-state index contributed by atoms with van der Waals surface area (Å²) in [6.07, 6.45) is 0.117. The normalized spacial score (nSPS) is 20.8. The Labute approximate surface area is 127 Å². The van der Waals surface area contributed by atoms with Crippen LogP contribution in [0.1, 0.15) is 13.3 Å². The summed E-state index contributed by atoms with van der Waals surface area (Å²) in [6.45, 7) is 2.29. The first kappa shape index (κ1) is 14.4. The standard InChI is InChI=1S/C15H16N2O5/c1-2-7-16-13(18)14(19)17(15(16)20)8-10-9-21-11-5-3-4-6-12(11)22-10/h3-6,10H,2,7-9H2,1H3/t10-/m0/s1. The molecular weight excluding hydrogens is 288 g/mol. The Hall–Kier alpha value is -2.57. The second-order valence-electron chi connectivity index (χ2n) is 5.15. The molecule has 3 rings (SSSR count). The van der Waals surface area contributed by atoms with E-state index in [2.05, 4.69) is 0 Å². The van der Waals surface area contributed by atoms with Crippen LogP contribution in [-0.2, 0) is 9.59 Å². The van der Waals surface area contributed by atoms with Gasteiger partial charge >= 0.3 is 17.8 Å². The van der Waals surface area contributed by atoms with Crippen LogP contribution in [0.5, 0.6) is 11.5 Å². The molecule has 0 aromatic heterocycles. The van der Waals surface area contributed by atoms with Crippen LogP contribution in [0, 0.1) is 0 Å². The number of amides is 4. The zero-order valence-electron chi connectivity index (χ0n) is 12.2. The maximum Gasteiger partial charge on any atom is 0.334 e. The summed E-state index contributed by atoms with van der Waals surface area (Å²) < 4.78 is 11.3. The minimum atomic E-state index is -0.805. The molecule has 116 valence electrons. The van der Waals surface area contributed by atoms with Gasteiger partial charge in [-0.25, -0.2) is 4.79 Å². The molecule has 2 heterocycles. The fraction of sp³-hybridized carbons (Fsp3) is 0.400. The lowest BCUT2D eigenvalue weighted by atomic mass is 10.2. The van der Waals surface area contributed by atoms with E-state index in [9.17, 15) is 14.4 Å². The summed E-state index contributed by atoms with van der Waals surface area (Å²) >= 11 is 0. The fourth-order valence-electron chi connectivity index (χ4n) is 2.49. The van der Waals surface area contributed by atoms with Crippen molar-refractivity contribution in [2.24, 2.45) is 0 Å². The number of ether oxygens (including phenoxy) is 2. The van der Waals surface area contributed by atoms with Gasteiger partial charge in [0.2, 0.25) is 0 Å². The average molecular weight is 304 g/mol. The van der Waals surface area contributed by atoms with Crippen LogP contribution in [0.2, 0.25) is 0 Å². The van der Waals surface area contributed by atoms with E-state index in [4.69, 9.17) is 9.47 Å². The van der Waals surface area contributed by atoms with Crippen LogP contribution >= 0.6 is 0 Å². The van der Waals surface area contributed by atoms with Crippen LogP contribution in [0.15, 0.2) is 24.3 Å². The highest BCUT2D eigenvalue weighted by atomic mass is 16.6. The number of para-hydroxylation sites is 2. The number of nitrogens with zero attached hydrogens (tertiary/aromatic N) is 2. The molecule has 1 aromatic rings. The molecule has 22 heavy (non-hydrogen) atoms. The molecule has 0 spiro atoms. The number of urea groups is 1. The molecule has 1 atom stereocenters. The van der Waals surface area contributed by atoms with E-state index in [0.717, 1.165) is 9.80 Å². The fourth-order valence-corrected chi connectivity index (χ4v) is 2.49. The van der Waals surface area contributed by atoms with Crippen LogP contribution in [0.25, 0.3) is 0 Å².